The molecule has 5 nitrogen and oxygen atoms in total. The van der Waals surface area contributed by atoms with Crippen LogP contribution < -0.4 is 11.0 Å². The molecule has 2 heterocycles. The second kappa shape index (κ2) is 8.29. The second-order valence-electron chi connectivity index (χ2n) is 5.86. The normalized spacial score (nSPS) is 11.2. The van der Waals surface area contributed by atoms with Gasteiger partial charge in [-0.2, -0.15) is 5.10 Å². The Kier molecular flexibility index (Phi) is 5.41. The number of para-hydroxylation sites is 1. The Bertz CT molecular complexity index is 1190. The van der Waals surface area contributed by atoms with E-state index in [0.717, 1.165) is 10.6 Å². The van der Waals surface area contributed by atoms with E-state index in [1.54, 1.807) is 18.3 Å². The maximum Gasteiger partial charge on any atom is 0.267 e. The van der Waals surface area contributed by atoms with E-state index in [9.17, 15) is 4.79 Å². The van der Waals surface area contributed by atoms with E-state index in [1.807, 2.05) is 60.7 Å². The van der Waals surface area contributed by atoms with E-state index >= 15 is 0 Å². The molecule has 0 radical (unpaired) electrons. The average molecular weight is 407 g/mol. The zero-order valence-corrected chi connectivity index (χ0v) is 16.2. The first kappa shape index (κ1) is 18.3. The largest absolute Gasteiger partial charge is 0.279 e. The summed E-state index contributed by atoms with van der Waals surface area (Å²) in [6.07, 6.45) is 3.21. The lowest BCUT2D eigenvalue weighted by atomic mass is 10.3. The third kappa shape index (κ3) is 4.08. The molecule has 0 atom stereocenters. The predicted molar refractivity (Wildman–Crippen MR) is 115 cm³/mol. The topological polar surface area (TPSA) is 58.8 Å². The van der Waals surface area contributed by atoms with Crippen LogP contribution in [0.1, 0.15) is 5.56 Å². The van der Waals surface area contributed by atoms with Crippen LogP contribution in [-0.4, -0.2) is 15.6 Å². The molecule has 0 unspecified atom stereocenters. The quantitative estimate of drug-likeness (QED) is 0.289. The van der Waals surface area contributed by atoms with Gasteiger partial charge in [-0.25, -0.2) is 4.98 Å². The standard InChI is InChI=1S/C21H15ClN4OS/c22-15-9-11-17(12-10-15)28-20-18(14-23-25-16-6-2-1-3-7-16)21(27)26-13-5-4-8-19(26)24-20/h1-14,25H. The molecule has 0 spiro atoms. The number of hydrogen-bond donors (Lipinski definition) is 1. The zero-order chi connectivity index (χ0) is 19.3. The molecule has 0 aliphatic carbocycles. The molecule has 0 saturated carbocycles. The Balaban J connectivity index is 1.74. The molecule has 0 amide bonds. The lowest BCUT2D eigenvalue weighted by Crippen LogP contribution is -2.21. The predicted octanol–water partition coefficient (Wildman–Crippen LogP) is 4.95. The van der Waals surface area contributed by atoms with Crippen LogP contribution in [-0.2, 0) is 0 Å². The summed E-state index contributed by atoms with van der Waals surface area (Å²) in [5.41, 5.74) is 4.58. The van der Waals surface area contributed by atoms with Crippen molar-refractivity contribution in [3.63, 3.8) is 0 Å². The number of halogens is 1. The summed E-state index contributed by atoms with van der Waals surface area (Å²) in [6.45, 7) is 0. The Morgan fingerprint density at radius 1 is 1.00 bits per heavy atom. The summed E-state index contributed by atoms with van der Waals surface area (Å²) >= 11 is 7.36. The van der Waals surface area contributed by atoms with Crippen LogP contribution >= 0.6 is 23.4 Å². The third-order valence-electron chi connectivity index (χ3n) is 3.92. The fourth-order valence-corrected chi connectivity index (χ4v) is 3.58. The van der Waals surface area contributed by atoms with E-state index in [2.05, 4.69) is 15.5 Å². The highest BCUT2D eigenvalue weighted by atomic mass is 35.5. The van der Waals surface area contributed by atoms with Crippen molar-refractivity contribution in [3.8, 4) is 0 Å². The minimum Gasteiger partial charge on any atom is -0.279 e. The lowest BCUT2D eigenvalue weighted by Gasteiger charge is -2.08. The molecule has 1 N–H and O–H groups in total. The van der Waals surface area contributed by atoms with Crippen molar-refractivity contribution >= 4 is 40.9 Å². The highest BCUT2D eigenvalue weighted by Crippen LogP contribution is 2.28. The minimum atomic E-state index is -0.180. The molecule has 7 heteroatoms. The summed E-state index contributed by atoms with van der Waals surface area (Å²) in [5.74, 6) is 0. The van der Waals surface area contributed by atoms with Gasteiger partial charge in [-0.1, -0.05) is 47.6 Å². The fourth-order valence-electron chi connectivity index (χ4n) is 2.57. The van der Waals surface area contributed by atoms with Crippen LogP contribution in [0.5, 0.6) is 0 Å². The first-order valence-corrected chi connectivity index (χ1v) is 9.69. The van der Waals surface area contributed by atoms with Gasteiger partial charge in [0.25, 0.3) is 5.56 Å². The van der Waals surface area contributed by atoms with Crippen molar-refractivity contribution in [3.05, 3.63) is 99.9 Å². The highest BCUT2D eigenvalue weighted by Gasteiger charge is 2.12. The Morgan fingerprint density at radius 3 is 2.54 bits per heavy atom. The van der Waals surface area contributed by atoms with Crippen molar-refractivity contribution in [2.45, 2.75) is 9.92 Å². The molecule has 28 heavy (non-hydrogen) atoms. The minimum absolute atomic E-state index is 0.180. The Morgan fingerprint density at radius 2 is 1.75 bits per heavy atom. The number of nitrogens with zero attached hydrogens (tertiary/aromatic N) is 3. The molecule has 138 valence electrons. The average Bonchev–Trinajstić information content (AvgIpc) is 2.73. The number of anilines is 1. The summed E-state index contributed by atoms with van der Waals surface area (Å²) in [7, 11) is 0. The summed E-state index contributed by atoms with van der Waals surface area (Å²) in [4.78, 5) is 18.6. The summed E-state index contributed by atoms with van der Waals surface area (Å²) in [6, 6.07) is 22.4. The van der Waals surface area contributed by atoms with Gasteiger partial charge in [0.15, 0.2) is 0 Å². The molecular formula is C21H15ClN4OS. The van der Waals surface area contributed by atoms with Crippen LogP contribution in [0, 0.1) is 0 Å². The highest BCUT2D eigenvalue weighted by molar-refractivity contribution is 7.99. The third-order valence-corrected chi connectivity index (χ3v) is 5.19. The smallest absolute Gasteiger partial charge is 0.267 e. The molecular weight excluding hydrogens is 392 g/mol. The number of fused-ring (bicyclic) bond motifs is 1. The first-order valence-electron chi connectivity index (χ1n) is 8.50. The molecule has 0 fully saturated rings. The summed E-state index contributed by atoms with van der Waals surface area (Å²) in [5, 5.41) is 5.47. The molecule has 0 saturated heterocycles. The van der Waals surface area contributed by atoms with Gasteiger partial charge in [0, 0.05) is 16.1 Å². The van der Waals surface area contributed by atoms with E-state index in [1.165, 1.54) is 22.4 Å². The van der Waals surface area contributed by atoms with Crippen molar-refractivity contribution in [1.82, 2.24) is 9.38 Å². The van der Waals surface area contributed by atoms with Crippen LogP contribution in [0.3, 0.4) is 0 Å². The van der Waals surface area contributed by atoms with Gasteiger partial charge in [0.1, 0.15) is 10.7 Å². The van der Waals surface area contributed by atoms with Gasteiger partial charge in [-0.15, -0.1) is 0 Å². The van der Waals surface area contributed by atoms with Crippen molar-refractivity contribution in [1.29, 1.82) is 0 Å². The molecule has 2 aromatic carbocycles. The van der Waals surface area contributed by atoms with Crippen LogP contribution in [0.4, 0.5) is 5.69 Å². The van der Waals surface area contributed by atoms with Crippen molar-refractivity contribution in [2.75, 3.05) is 5.43 Å². The number of benzene rings is 2. The van der Waals surface area contributed by atoms with Crippen molar-refractivity contribution in [2.24, 2.45) is 5.10 Å². The second-order valence-corrected chi connectivity index (χ2v) is 7.36. The van der Waals surface area contributed by atoms with Gasteiger partial charge in [-0.3, -0.25) is 14.6 Å². The maximum atomic E-state index is 13.0. The zero-order valence-electron chi connectivity index (χ0n) is 14.6. The molecule has 0 bridgehead atoms. The van der Waals surface area contributed by atoms with Gasteiger partial charge in [-0.05, 0) is 48.5 Å². The van der Waals surface area contributed by atoms with Crippen LogP contribution in [0.15, 0.2) is 98.8 Å². The Labute approximate surface area is 170 Å². The van der Waals surface area contributed by atoms with E-state index < -0.39 is 0 Å². The number of aromatic nitrogens is 2. The van der Waals surface area contributed by atoms with E-state index in [0.29, 0.717) is 21.3 Å². The molecule has 0 aliphatic rings. The molecule has 4 aromatic rings. The number of hydrogen-bond acceptors (Lipinski definition) is 5. The van der Waals surface area contributed by atoms with E-state index in [4.69, 9.17) is 11.6 Å². The van der Waals surface area contributed by atoms with Crippen LogP contribution in [0.2, 0.25) is 5.02 Å². The number of nitrogens with one attached hydrogen (secondary N) is 1. The molecule has 0 aliphatic heterocycles. The summed E-state index contributed by atoms with van der Waals surface area (Å²) < 4.78 is 1.51. The van der Waals surface area contributed by atoms with Gasteiger partial charge >= 0.3 is 0 Å². The first-order chi connectivity index (χ1) is 13.7. The fraction of sp³-hybridized carbons (Fsp3) is 0. The van der Waals surface area contributed by atoms with Gasteiger partial charge in [0.2, 0.25) is 0 Å². The number of rotatable bonds is 5. The Hall–Kier alpha value is -3.09. The maximum absolute atomic E-state index is 13.0. The van der Waals surface area contributed by atoms with E-state index in [-0.39, 0.29) is 5.56 Å². The number of pyridine rings is 1. The molecule has 2 aromatic heterocycles. The SMILES string of the molecule is O=c1c(C=NNc2ccccc2)c(Sc2ccc(Cl)cc2)nc2ccccn12. The van der Waals surface area contributed by atoms with Gasteiger partial charge < -0.3 is 0 Å². The number of hydrazone groups is 1. The monoisotopic (exact) mass is 406 g/mol. The van der Waals surface area contributed by atoms with Crippen LogP contribution in [0.25, 0.3) is 5.65 Å². The lowest BCUT2D eigenvalue weighted by molar-refractivity contribution is 0.977. The molecule has 4 rings (SSSR count). The van der Waals surface area contributed by atoms with Crippen molar-refractivity contribution < 1.29 is 0 Å². The van der Waals surface area contributed by atoms with Gasteiger partial charge in [0.05, 0.1) is 17.5 Å².